The highest BCUT2D eigenvalue weighted by Crippen LogP contribution is 2.33. The molecule has 17 heteroatoms. The van der Waals surface area contributed by atoms with E-state index in [1.165, 1.54) is 56.7 Å². The Balaban J connectivity index is 0.983. The van der Waals surface area contributed by atoms with Gasteiger partial charge in [-0.05, 0) is 49.9 Å². The number of carbonyl (C=O) groups is 4. The molecule has 2 fully saturated rings. The molecular weight excluding hydrogens is 825 g/mol. The predicted molar refractivity (Wildman–Crippen MR) is 241 cm³/mol. The first-order valence-corrected chi connectivity index (χ1v) is 24.5. The fraction of sp³-hybridized carbons (Fsp3) is 0.773. The maximum absolute atomic E-state index is 12.1. The molecule has 3 unspecified atom stereocenters. The first-order chi connectivity index (χ1) is 29.9. The molecule has 0 saturated carbocycles. The molecule has 61 heavy (non-hydrogen) atoms. The van der Waals surface area contributed by atoms with Crippen molar-refractivity contribution in [2.24, 2.45) is 0 Å². The second kappa shape index (κ2) is 35.6. The lowest BCUT2D eigenvalue weighted by Crippen LogP contribution is -2.36. The Bertz CT molecular complexity index is 1320. The largest absolute Gasteiger partial charge is 0.494 e. The lowest BCUT2D eigenvalue weighted by Gasteiger charge is -2.16. The minimum atomic E-state index is -0.242. The molecule has 2 heterocycles. The van der Waals surface area contributed by atoms with Crippen LogP contribution in [0.2, 0.25) is 0 Å². The molecule has 348 valence electrons. The summed E-state index contributed by atoms with van der Waals surface area (Å²) in [4.78, 5) is 46.6. The second-order valence-electron chi connectivity index (χ2n) is 15.1. The summed E-state index contributed by atoms with van der Waals surface area (Å²) in [6.45, 7) is 8.04. The third kappa shape index (κ3) is 27.8. The molecular formula is C44H74N4O11S2. The number of amides is 4. The normalized spacial score (nSPS) is 16.8. The molecule has 3 atom stereocenters. The highest BCUT2D eigenvalue weighted by molar-refractivity contribution is 8.13. The first-order valence-electron chi connectivity index (χ1n) is 22.5. The fourth-order valence-electron chi connectivity index (χ4n) is 6.69. The molecule has 0 radical (unpaired) electrons. The quantitative estimate of drug-likeness (QED) is 0.0468. The summed E-state index contributed by atoms with van der Waals surface area (Å²) in [7, 11) is 0. The van der Waals surface area contributed by atoms with E-state index in [1.54, 1.807) is 19.1 Å². The second-order valence-corrected chi connectivity index (χ2v) is 17.7. The van der Waals surface area contributed by atoms with Crippen LogP contribution in [0.4, 0.5) is 4.79 Å². The van der Waals surface area contributed by atoms with Gasteiger partial charge in [-0.1, -0.05) is 63.1 Å². The monoisotopic (exact) mass is 898 g/mol. The van der Waals surface area contributed by atoms with Gasteiger partial charge in [0.25, 0.3) is 5.91 Å². The van der Waals surface area contributed by atoms with E-state index in [9.17, 15) is 19.2 Å². The van der Waals surface area contributed by atoms with Gasteiger partial charge in [0.05, 0.1) is 71.5 Å². The Morgan fingerprint density at radius 1 is 0.623 bits per heavy atom. The third-order valence-corrected chi connectivity index (χ3v) is 12.4. The Morgan fingerprint density at radius 2 is 1.16 bits per heavy atom. The van der Waals surface area contributed by atoms with Crippen molar-refractivity contribution in [2.45, 2.75) is 114 Å². The molecule has 1 aromatic rings. The van der Waals surface area contributed by atoms with Crippen molar-refractivity contribution in [3.8, 4) is 11.5 Å². The van der Waals surface area contributed by atoms with E-state index in [0.29, 0.717) is 102 Å². The van der Waals surface area contributed by atoms with Gasteiger partial charge in [-0.25, -0.2) is 4.79 Å². The van der Waals surface area contributed by atoms with Crippen molar-refractivity contribution in [1.29, 1.82) is 0 Å². The van der Waals surface area contributed by atoms with Crippen LogP contribution in [0.1, 0.15) is 96.8 Å². The van der Waals surface area contributed by atoms with E-state index in [0.717, 1.165) is 56.6 Å². The molecule has 2 saturated heterocycles. The smallest absolute Gasteiger partial charge is 0.315 e. The van der Waals surface area contributed by atoms with Crippen LogP contribution in [0.3, 0.4) is 0 Å². The maximum Gasteiger partial charge on any atom is 0.315 e. The Morgan fingerprint density at radius 3 is 1.80 bits per heavy atom. The zero-order valence-corrected chi connectivity index (χ0v) is 38.2. The summed E-state index contributed by atoms with van der Waals surface area (Å²) in [5.41, 5.74) is 0. The van der Waals surface area contributed by atoms with Gasteiger partial charge < -0.3 is 54.4 Å². The van der Waals surface area contributed by atoms with E-state index in [2.05, 4.69) is 21.3 Å². The van der Waals surface area contributed by atoms with Crippen molar-refractivity contribution in [3.05, 3.63) is 24.3 Å². The number of unbranched alkanes of at least 4 members (excludes halogenated alkanes) is 9. The zero-order valence-electron chi connectivity index (χ0n) is 36.6. The Labute approximate surface area is 372 Å². The van der Waals surface area contributed by atoms with Gasteiger partial charge in [0, 0.05) is 62.8 Å². The van der Waals surface area contributed by atoms with Crippen molar-refractivity contribution >= 4 is 46.5 Å². The number of carbonyl (C=O) groups excluding carboxylic acids is 4. The molecule has 0 bridgehead atoms. The number of fused-ring (bicyclic) bond motifs is 1. The molecule has 1 aromatic carbocycles. The fourth-order valence-corrected chi connectivity index (χ4v) is 8.87. The first kappa shape index (κ1) is 52.5. The molecule has 3 rings (SSSR count). The molecule has 0 spiro atoms. The average molecular weight is 899 g/mol. The van der Waals surface area contributed by atoms with Crippen LogP contribution in [0.25, 0.3) is 0 Å². The predicted octanol–water partition coefficient (Wildman–Crippen LogP) is 5.67. The summed E-state index contributed by atoms with van der Waals surface area (Å²) >= 11 is 3.33. The standard InChI is InChI=1S/C44H74N4O11S2/c1-36(49)60-33-12-8-6-4-2-3-5-7-11-22-53-27-31-57-32-28-54-23-13-24-58-37-16-18-38(19-17-37)59-34-42(51)46-21-26-56-30-29-55-25-20-45-41(50)15-10-9-14-40-43-39(35-61-40)47-44(52)48-43/h16-19,39-40,43H,2-15,20-35H2,1H3,(H,45,50)(H,46,51)(H2,47,48,52). The SMILES string of the molecule is CC(=O)SCCCCCCCCCCCOCCOCCOCCCOc1ccc(OCC(=O)NCCOCCOCCNC(=O)CCCCC2SCC3NC(=O)NC32)cc1. The Kier molecular flexibility index (Phi) is 30.7. The maximum atomic E-state index is 12.1. The number of hydrogen-bond donors (Lipinski definition) is 4. The molecule has 2 aliphatic heterocycles. The number of urea groups is 1. The molecule has 4 N–H and O–H groups in total. The molecule has 4 amide bonds. The molecule has 2 aliphatic rings. The van der Waals surface area contributed by atoms with Crippen molar-refractivity contribution in [1.82, 2.24) is 21.3 Å². The van der Waals surface area contributed by atoms with Gasteiger partial charge in [-0.3, -0.25) is 14.4 Å². The van der Waals surface area contributed by atoms with Gasteiger partial charge in [-0.15, -0.1) is 0 Å². The van der Waals surface area contributed by atoms with E-state index in [1.807, 2.05) is 23.9 Å². The van der Waals surface area contributed by atoms with Gasteiger partial charge in [0.15, 0.2) is 11.7 Å². The Hall–Kier alpha value is -2.80. The molecule has 0 aromatic heterocycles. The van der Waals surface area contributed by atoms with Gasteiger partial charge >= 0.3 is 6.03 Å². The van der Waals surface area contributed by atoms with Crippen LogP contribution in [-0.2, 0) is 38.1 Å². The van der Waals surface area contributed by atoms with Crippen molar-refractivity contribution < 1.29 is 52.3 Å². The third-order valence-electron chi connectivity index (χ3n) is 9.97. The number of thioether (sulfide) groups is 2. The molecule has 15 nitrogen and oxygen atoms in total. The minimum absolute atomic E-state index is 0.0202. The van der Waals surface area contributed by atoms with Gasteiger partial charge in [0.1, 0.15) is 11.5 Å². The highest BCUT2D eigenvalue weighted by atomic mass is 32.2. The van der Waals surface area contributed by atoms with Crippen molar-refractivity contribution in [3.63, 3.8) is 0 Å². The van der Waals surface area contributed by atoms with Gasteiger partial charge in [0.2, 0.25) is 5.91 Å². The van der Waals surface area contributed by atoms with Crippen LogP contribution in [0.15, 0.2) is 24.3 Å². The number of ether oxygens (including phenoxy) is 7. The number of nitrogens with one attached hydrogen (secondary N) is 4. The highest BCUT2D eigenvalue weighted by Gasteiger charge is 2.42. The lowest BCUT2D eigenvalue weighted by molar-refractivity contribution is -0.123. The number of benzene rings is 1. The summed E-state index contributed by atoms with van der Waals surface area (Å²) in [6.07, 6.45) is 15.1. The van der Waals surface area contributed by atoms with Crippen LogP contribution >= 0.6 is 23.5 Å². The summed E-state index contributed by atoms with van der Waals surface area (Å²) in [6, 6.07) is 7.52. The van der Waals surface area contributed by atoms with Gasteiger partial charge in [-0.2, -0.15) is 11.8 Å². The summed E-state index contributed by atoms with van der Waals surface area (Å²) in [5, 5.41) is 12.2. The lowest BCUT2D eigenvalue weighted by atomic mass is 10.0. The van der Waals surface area contributed by atoms with Crippen LogP contribution in [0.5, 0.6) is 11.5 Å². The van der Waals surface area contributed by atoms with E-state index < -0.39 is 0 Å². The van der Waals surface area contributed by atoms with Crippen molar-refractivity contribution in [2.75, 3.05) is 104 Å². The van der Waals surface area contributed by atoms with Crippen LogP contribution in [-0.4, -0.2) is 144 Å². The van der Waals surface area contributed by atoms with Crippen LogP contribution < -0.4 is 30.7 Å². The van der Waals surface area contributed by atoms with Crippen LogP contribution in [0, 0.1) is 0 Å². The van der Waals surface area contributed by atoms with E-state index >= 15 is 0 Å². The summed E-state index contributed by atoms with van der Waals surface area (Å²) in [5.74, 6) is 2.98. The zero-order chi connectivity index (χ0) is 43.4. The molecule has 0 aliphatic carbocycles. The summed E-state index contributed by atoms with van der Waals surface area (Å²) < 4.78 is 39.3. The van der Waals surface area contributed by atoms with E-state index in [-0.39, 0.29) is 41.7 Å². The number of hydrogen-bond acceptors (Lipinski definition) is 13. The minimum Gasteiger partial charge on any atom is -0.494 e. The average Bonchev–Trinajstić information content (AvgIpc) is 3.81. The van der Waals surface area contributed by atoms with E-state index in [4.69, 9.17) is 33.2 Å². The number of rotatable bonds is 40. The topological polar surface area (TPSA) is 181 Å².